The molecule has 0 saturated carbocycles. The number of aryl methyl sites for hydroxylation is 1. The van der Waals surface area contributed by atoms with Crippen molar-refractivity contribution in [3.05, 3.63) is 63.2 Å². The van der Waals surface area contributed by atoms with Gasteiger partial charge in [-0.05, 0) is 69.8 Å². The van der Waals surface area contributed by atoms with E-state index >= 15 is 0 Å². The minimum absolute atomic E-state index is 1.17. The number of hydrogen-bond donors (Lipinski definition) is 0. The molecule has 0 fully saturated rings. The summed E-state index contributed by atoms with van der Waals surface area (Å²) in [6.07, 6.45) is 6.89. The number of halogens is 1. The van der Waals surface area contributed by atoms with Crippen LogP contribution in [-0.2, 0) is 6.42 Å². The molecule has 2 aromatic rings. The van der Waals surface area contributed by atoms with Gasteiger partial charge in [-0.3, -0.25) is 0 Å². The maximum atomic E-state index is 2.37. The number of rotatable bonds is 1. The highest BCUT2D eigenvalue weighted by molar-refractivity contribution is 14.1. The van der Waals surface area contributed by atoms with E-state index in [1.807, 2.05) is 0 Å². The van der Waals surface area contributed by atoms with Crippen LogP contribution in [0.1, 0.15) is 17.5 Å². The Kier molecular flexibility index (Phi) is 3.02. The third-order valence-corrected chi connectivity index (χ3v) is 3.87. The average molecular weight is 332 g/mol. The van der Waals surface area contributed by atoms with Gasteiger partial charge < -0.3 is 0 Å². The molecule has 1 aliphatic rings. The van der Waals surface area contributed by atoms with E-state index in [2.05, 4.69) is 77.2 Å². The van der Waals surface area contributed by atoms with E-state index in [4.69, 9.17) is 0 Å². The van der Waals surface area contributed by atoms with Gasteiger partial charge in [0.05, 0.1) is 0 Å². The zero-order chi connectivity index (χ0) is 11.7. The van der Waals surface area contributed by atoms with Crippen molar-refractivity contribution in [2.75, 3.05) is 0 Å². The van der Waals surface area contributed by atoms with Gasteiger partial charge in [-0.1, -0.05) is 42.5 Å². The van der Waals surface area contributed by atoms with Crippen LogP contribution in [0.3, 0.4) is 0 Å². The van der Waals surface area contributed by atoms with Crippen molar-refractivity contribution in [1.82, 2.24) is 0 Å². The van der Waals surface area contributed by atoms with Gasteiger partial charge in [0.25, 0.3) is 0 Å². The minimum atomic E-state index is 1.17. The summed E-state index contributed by atoms with van der Waals surface area (Å²) in [5.74, 6) is 0. The second-order valence-corrected chi connectivity index (χ2v) is 5.58. The largest absolute Gasteiger partial charge is 0.0836 e. The number of allylic oxidation sites excluding steroid dienone is 1. The Hall–Kier alpha value is -1.09. The van der Waals surface area contributed by atoms with Crippen LogP contribution in [0.4, 0.5) is 0 Å². The molecule has 2 aromatic carbocycles. The van der Waals surface area contributed by atoms with Gasteiger partial charge in [-0.2, -0.15) is 0 Å². The van der Waals surface area contributed by atoms with Crippen LogP contribution in [0, 0.1) is 3.57 Å². The van der Waals surface area contributed by atoms with Crippen molar-refractivity contribution < 1.29 is 0 Å². The summed E-state index contributed by atoms with van der Waals surface area (Å²) in [7, 11) is 0. The summed E-state index contributed by atoms with van der Waals surface area (Å²) < 4.78 is 1.29. The molecule has 0 nitrogen and oxygen atoms in total. The highest BCUT2D eigenvalue weighted by Gasteiger charge is 2.10. The Labute approximate surface area is 116 Å². The molecular weight excluding hydrogens is 319 g/mol. The van der Waals surface area contributed by atoms with E-state index in [1.165, 1.54) is 38.7 Å². The van der Waals surface area contributed by atoms with E-state index in [9.17, 15) is 0 Å². The molecule has 3 rings (SSSR count). The van der Waals surface area contributed by atoms with Crippen LogP contribution in [0.2, 0.25) is 0 Å². The van der Waals surface area contributed by atoms with Gasteiger partial charge in [0.1, 0.15) is 0 Å². The fraction of sp³-hybridized carbons (Fsp3) is 0.125. The minimum Gasteiger partial charge on any atom is -0.0836 e. The maximum Gasteiger partial charge on any atom is 0.0136 e. The van der Waals surface area contributed by atoms with Gasteiger partial charge in [-0.15, -0.1) is 0 Å². The maximum absolute atomic E-state index is 2.37. The fourth-order valence-electron chi connectivity index (χ4n) is 2.38. The van der Waals surface area contributed by atoms with Crippen LogP contribution >= 0.6 is 22.6 Å². The van der Waals surface area contributed by atoms with E-state index in [-0.39, 0.29) is 0 Å². The summed E-state index contributed by atoms with van der Waals surface area (Å²) in [5.41, 5.74) is 5.56. The van der Waals surface area contributed by atoms with E-state index in [0.29, 0.717) is 0 Å². The van der Waals surface area contributed by atoms with Crippen LogP contribution in [0.5, 0.6) is 0 Å². The molecule has 0 radical (unpaired) electrons. The molecule has 84 valence electrons. The lowest BCUT2D eigenvalue weighted by Gasteiger charge is -2.15. The average Bonchev–Trinajstić information content (AvgIpc) is 2.38. The van der Waals surface area contributed by atoms with Crippen molar-refractivity contribution in [3.8, 4) is 11.1 Å². The van der Waals surface area contributed by atoms with Crippen LogP contribution in [0.15, 0.2) is 48.5 Å². The molecule has 1 aliphatic carbocycles. The van der Waals surface area contributed by atoms with Crippen LogP contribution < -0.4 is 0 Å². The van der Waals surface area contributed by atoms with Crippen molar-refractivity contribution in [2.24, 2.45) is 0 Å². The predicted octanol–water partition coefficient (Wildman–Crippen LogP) is 4.92. The molecule has 0 heterocycles. The molecule has 0 amide bonds. The summed E-state index contributed by atoms with van der Waals surface area (Å²) >= 11 is 2.37. The molecule has 0 aliphatic heterocycles. The van der Waals surface area contributed by atoms with Gasteiger partial charge >= 0.3 is 0 Å². The zero-order valence-electron chi connectivity index (χ0n) is 9.49. The van der Waals surface area contributed by atoms with Crippen molar-refractivity contribution in [3.63, 3.8) is 0 Å². The lowest BCUT2D eigenvalue weighted by atomic mass is 9.90. The van der Waals surface area contributed by atoms with E-state index in [0.717, 1.165) is 0 Å². The van der Waals surface area contributed by atoms with Gasteiger partial charge in [0.2, 0.25) is 0 Å². The van der Waals surface area contributed by atoms with Gasteiger partial charge in [0, 0.05) is 3.57 Å². The third-order valence-electron chi connectivity index (χ3n) is 3.20. The number of fused-ring (bicyclic) bond motifs is 1. The second-order valence-electron chi connectivity index (χ2n) is 4.33. The van der Waals surface area contributed by atoms with Gasteiger partial charge in [0.15, 0.2) is 0 Å². The highest BCUT2D eigenvalue weighted by Crippen LogP contribution is 2.31. The molecule has 0 unspecified atom stereocenters. The molecule has 0 bridgehead atoms. The molecule has 0 aromatic heterocycles. The Morgan fingerprint density at radius 2 is 1.88 bits per heavy atom. The predicted molar refractivity (Wildman–Crippen MR) is 82.0 cm³/mol. The SMILES string of the molecule is Ic1cccc(-c2cccc3c2C=CCC3)c1. The topological polar surface area (TPSA) is 0 Å². The summed E-state index contributed by atoms with van der Waals surface area (Å²) in [4.78, 5) is 0. The Morgan fingerprint density at radius 1 is 1.00 bits per heavy atom. The van der Waals surface area contributed by atoms with E-state index in [1.54, 1.807) is 0 Å². The molecule has 0 N–H and O–H groups in total. The lowest BCUT2D eigenvalue weighted by molar-refractivity contribution is 0.986. The molecule has 0 saturated heterocycles. The Balaban J connectivity index is 2.19. The Morgan fingerprint density at radius 3 is 2.76 bits per heavy atom. The van der Waals surface area contributed by atoms with Crippen molar-refractivity contribution in [2.45, 2.75) is 12.8 Å². The quantitative estimate of drug-likeness (QED) is 0.651. The van der Waals surface area contributed by atoms with Crippen LogP contribution in [-0.4, -0.2) is 0 Å². The molecule has 0 spiro atoms. The highest BCUT2D eigenvalue weighted by atomic mass is 127. The van der Waals surface area contributed by atoms with Crippen LogP contribution in [0.25, 0.3) is 17.2 Å². The first-order valence-corrected chi connectivity index (χ1v) is 6.97. The number of benzene rings is 2. The molecular formula is C16H13I. The molecule has 17 heavy (non-hydrogen) atoms. The van der Waals surface area contributed by atoms with E-state index < -0.39 is 0 Å². The first-order valence-electron chi connectivity index (χ1n) is 5.89. The standard InChI is InChI=1S/C16H13I/c17-14-8-3-7-13(11-14)16-10-4-6-12-5-1-2-9-15(12)16/h2-4,6-11H,1,5H2. The zero-order valence-corrected chi connectivity index (χ0v) is 11.6. The van der Waals surface area contributed by atoms with Crippen molar-refractivity contribution in [1.29, 1.82) is 0 Å². The summed E-state index contributed by atoms with van der Waals surface area (Å²) in [6.45, 7) is 0. The normalized spacial score (nSPS) is 13.5. The third kappa shape index (κ3) is 2.16. The number of hydrogen-bond acceptors (Lipinski definition) is 0. The smallest absolute Gasteiger partial charge is 0.0136 e. The lowest BCUT2D eigenvalue weighted by Crippen LogP contribution is -1.96. The summed E-state index contributed by atoms with van der Waals surface area (Å²) in [5, 5.41) is 0. The first kappa shape index (κ1) is 11.0. The summed E-state index contributed by atoms with van der Waals surface area (Å²) in [6, 6.07) is 15.3. The monoisotopic (exact) mass is 332 g/mol. The second kappa shape index (κ2) is 4.65. The molecule has 0 atom stereocenters. The van der Waals surface area contributed by atoms with Crippen molar-refractivity contribution >= 4 is 28.7 Å². The fourth-order valence-corrected chi connectivity index (χ4v) is 2.92. The first-order chi connectivity index (χ1) is 8.34. The Bertz CT molecular complexity index is 582. The van der Waals surface area contributed by atoms with Gasteiger partial charge in [-0.25, -0.2) is 0 Å². The molecule has 1 heteroatoms.